The lowest BCUT2D eigenvalue weighted by Gasteiger charge is -2.17. The summed E-state index contributed by atoms with van der Waals surface area (Å²) in [5, 5.41) is 6.52. The summed E-state index contributed by atoms with van der Waals surface area (Å²) in [5.74, 6) is 2.10. The Morgan fingerprint density at radius 1 is 1.20 bits per heavy atom. The van der Waals surface area contributed by atoms with Crippen LogP contribution in [0.25, 0.3) is 0 Å². The van der Waals surface area contributed by atoms with Gasteiger partial charge >= 0.3 is 0 Å². The molecule has 0 saturated heterocycles. The normalized spacial score (nSPS) is 10.7. The van der Waals surface area contributed by atoms with Crippen LogP contribution >= 0.6 is 0 Å². The highest BCUT2D eigenvalue weighted by molar-refractivity contribution is 5.58. The largest absolute Gasteiger partial charge is 0.373 e. The Bertz CT molecular complexity index is 580. The van der Waals surface area contributed by atoms with E-state index >= 15 is 0 Å². The summed E-state index contributed by atoms with van der Waals surface area (Å²) in [6.45, 7) is 7.07. The van der Waals surface area contributed by atoms with Crippen molar-refractivity contribution in [1.82, 2.24) is 15.0 Å². The Balaban J connectivity index is 2.24. The molecule has 5 nitrogen and oxygen atoms in total. The van der Waals surface area contributed by atoms with E-state index in [2.05, 4.69) is 46.4 Å². The average molecular weight is 271 g/mol. The molecule has 0 aromatic carbocycles. The maximum atomic E-state index is 4.37. The number of hydrogen-bond acceptors (Lipinski definition) is 5. The Morgan fingerprint density at radius 2 is 1.95 bits per heavy atom. The number of nitrogens with one attached hydrogen (secondary N) is 2. The first-order valence-corrected chi connectivity index (χ1v) is 6.79. The van der Waals surface area contributed by atoms with Crippen LogP contribution in [-0.2, 0) is 6.54 Å². The van der Waals surface area contributed by atoms with E-state index in [1.54, 1.807) is 6.33 Å². The van der Waals surface area contributed by atoms with E-state index in [1.165, 1.54) is 11.1 Å². The lowest BCUT2D eigenvalue weighted by atomic mass is 10.0. The van der Waals surface area contributed by atoms with Crippen LogP contribution in [0.4, 0.5) is 11.6 Å². The predicted octanol–water partition coefficient (Wildman–Crippen LogP) is 2.96. The lowest BCUT2D eigenvalue weighted by Crippen LogP contribution is -2.10. The average Bonchev–Trinajstić information content (AvgIpc) is 2.45. The van der Waals surface area contributed by atoms with Gasteiger partial charge in [-0.2, -0.15) is 0 Å². The van der Waals surface area contributed by atoms with Crippen molar-refractivity contribution < 1.29 is 0 Å². The second-order valence-electron chi connectivity index (χ2n) is 5.04. The molecule has 0 atom stereocenters. The number of anilines is 2. The molecular weight excluding hydrogens is 250 g/mol. The molecule has 0 spiro atoms. The second kappa shape index (κ2) is 6.32. The van der Waals surface area contributed by atoms with Crippen LogP contribution in [0.3, 0.4) is 0 Å². The Labute approximate surface area is 119 Å². The molecule has 0 bridgehead atoms. The number of pyridine rings is 1. The molecule has 2 heterocycles. The number of nitrogens with zero attached hydrogens (tertiary/aromatic N) is 3. The molecule has 0 amide bonds. The van der Waals surface area contributed by atoms with Gasteiger partial charge in [-0.3, -0.25) is 4.98 Å². The van der Waals surface area contributed by atoms with E-state index in [4.69, 9.17) is 0 Å². The molecule has 5 heteroatoms. The molecule has 0 aliphatic heterocycles. The van der Waals surface area contributed by atoms with Crippen molar-refractivity contribution in [3.05, 3.63) is 41.5 Å². The number of hydrogen-bond donors (Lipinski definition) is 2. The third kappa shape index (κ3) is 3.04. The molecule has 0 fully saturated rings. The molecule has 2 N–H and O–H groups in total. The highest BCUT2D eigenvalue weighted by Crippen LogP contribution is 2.28. The van der Waals surface area contributed by atoms with E-state index in [-0.39, 0.29) is 0 Å². The van der Waals surface area contributed by atoms with Gasteiger partial charge in [-0.1, -0.05) is 13.8 Å². The summed E-state index contributed by atoms with van der Waals surface area (Å²) in [4.78, 5) is 12.8. The van der Waals surface area contributed by atoms with Gasteiger partial charge in [-0.25, -0.2) is 9.97 Å². The smallest absolute Gasteiger partial charge is 0.135 e. The summed E-state index contributed by atoms with van der Waals surface area (Å²) in [6, 6.07) is 2.01. The first-order valence-electron chi connectivity index (χ1n) is 6.79. The van der Waals surface area contributed by atoms with Gasteiger partial charge < -0.3 is 10.6 Å². The minimum atomic E-state index is 0.344. The van der Waals surface area contributed by atoms with Gasteiger partial charge in [0.25, 0.3) is 0 Å². The van der Waals surface area contributed by atoms with Crippen molar-refractivity contribution in [3.63, 3.8) is 0 Å². The predicted molar refractivity (Wildman–Crippen MR) is 82.0 cm³/mol. The van der Waals surface area contributed by atoms with Gasteiger partial charge in [0.1, 0.15) is 18.0 Å². The summed E-state index contributed by atoms with van der Waals surface area (Å²) >= 11 is 0. The third-order valence-electron chi connectivity index (χ3n) is 3.29. The van der Waals surface area contributed by atoms with Gasteiger partial charge in [0.2, 0.25) is 0 Å². The van der Waals surface area contributed by atoms with Crippen molar-refractivity contribution >= 4 is 11.6 Å². The molecule has 0 radical (unpaired) electrons. The van der Waals surface area contributed by atoms with Crippen LogP contribution in [-0.4, -0.2) is 22.0 Å². The molecule has 106 valence electrons. The molecular formula is C15H21N5. The molecule has 0 aliphatic rings. The Hall–Kier alpha value is -2.17. The Kier molecular flexibility index (Phi) is 4.50. The summed E-state index contributed by atoms with van der Waals surface area (Å²) in [7, 11) is 1.88. The van der Waals surface area contributed by atoms with E-state index in [9.17, 15) is 0 Å². The maximum absolute atomic E-state index is 4.37. The fourth-order valence-corrected chi connectivity index (χ4v) is 2.14. The van der Waals surface area contributed by atoms with Crippen molar-refractivity contribution in [3.8, 4) is 0 Å². The minimum Gasteiger partial charge on any atom is -0.373 e. The van der Waals surface area contributed by atoms with Crippen molar-refractivity contribution in [2.24, 2.45) is 0 Å². The Morgan fingerprint density at radius 3 is 2.60 bits per heavy atom. The van der Waals surface area contributed by atoms with Gasteiger partial charge in [-0.05, 0) is 30.0 Å². The standard InChI is InChI=1S/C15H21N5/c1-10(2)13-14(16-4)19-9-20-15(13)18-8-12-7-17-6-5-11(12)3/h5-7,9-10H,8H2,1-4H3,(H2,16,18,19,20). The highest BCUT2D eigenvalue weighted by Gasteiger charge is 2.14. The zero-order chi connectivity index (χ0) is 14.5. The van der Waals surface area contributed by atoms with E-state index < -0.39 is 0 Å². The zero-order valence-electron chi connectivity index (χ0n) is 12.4. The van der Waals surface area contributed by atoms with E-state index in [0.717, 1.165) is 17.2 Å². The SMILES string of the molecule is CNc1ncnc(NCc2cnccc2C)c1C(C)C. The zero-order valence-corrected chi connectivity index (χ0v) is 12.4. The minimum absolute atomic E-state index is 0.344. The van der Waals surface area contributed by atoms with Crippen LogP contribution in [0.15, 0.2) is 24.8 Å². The second-order valence-corrected chi connectivity index (χ2v) is 5.04. The highest BCUT2D eigenvalue weighted by atomic mass is 15.1. The number of aromatic nitrogens is 3. The third-order valence-corrected chi connectivity index (χ3v) is 3.29. The lowest BCUT2D eigenvalue weighted by molar-refractivity contribution is 0.846. The molecule has 0 unspecified atom stereocenters. The molecule has 20 heavy (non-hydrogen) atoms. The molecule has 0 aliphatic carbocycles. The van der Waals surface area contributed by atoms with Gasteiger partial charge in [0, 0.05) is 31.5 Å². The van der Waals surface area contributed by atoms with Crippen LogP contribution in [0.1, 0.15) is 36.5 Å². The number of rotatable bonds is 5. The fraction of sp³-hybridized carbons (Fsp3) is 0.400. The first-order chi connectivity index (χ1) is 9.63. The van der Waals surface area contributed by atoms with E-state index in [0.29, 0.717) is 12.5 Å². The quantitative estimate of drug-likeness (QED) is 0.875. The van der Waals surface area contributed by atoms with Crippen molar-refractivity contribution in [2.45, 2.75) is 33.2 Å². The fourth-order valence-electron chi connectivity index (χ4n) is 2.14. The topological polar surface area (TPSA) is 62.7 Å². The molecule has 0 saturated carbocycles. The number of aryl methyl sites for hydroxylation is 1. The van der Waals surface area contributed by atoms with Crippen molar-refractivity contribution in [2.75, 3.05) is 17.7 Å². The van der Waals surface area contributed by atoms with Gasteiger partial charge in [0.05, 0.1) is 0 Å². The maximum Gasteiger partial charge on any atom is 0.135 e. The first kappa shape index (κ1) is 14.2. The molecule has 2 aromatic rings. The van der Waals surface area contributed by atoms with Crippen molar-refractivity contribution in [1.29, 1.82) is 0 Å². The summed E-state index contributed by atoms with van der Waals surface area (Å²) in [6.07, 6.45) is 5.27. The van der Waals surface area contributed by atoms with Crippen LogP contribution in [0.5, 0.6) is 0 Å². The molecule has 2 aromatic heterocycles. The van der Waals surface area contributed by atoms with Crippen LogP contribution in [0, 0.1) is 6.92 Å². The van der Waals surface area contributed by atoms with Gasteiger partial charge in [0.15, 0.2) is 0 Å². The van der Waals surface area contributed by atoms with Gasteiger partial charge in [-0.15, -0.1) is 0 Å². The summed E-state index contributed by atoms with van der Waals surface area (Å²) in [5.41, 5.74) is 3.50. The molecule has 2 rings (SSSR count). The van der Waals surface area contributed by atoms with Crippen LogP contribution < -0.4 is 10.6 Å². The summed E-state index contributed by atoms with van der Waals surface area (Å²) < 4.78 is 0. The monoisotopic (exact) mass is 271 g/mol. The van der Waals surface area contributed by atoms with Crippen LogP contribution in [0.2, 0.25) is 0 Å². The van der Waals surface area contributed by atoms with E-state index in [1.807, 2.05) is 25.5 Å².